The molecule has 0 saturated carbocycles. The van der Waals surface area contributed by atoms with E-state index in [1.54, 1.807) is 17.1 Å². The number of rotatable bonds is 6. The lowest BCUT2D eigenvalue weighted by molar-refractivity contribution is -0.132. The van der Waals surface area contributed by atoms with E-state index in [2.05, 4.69) is 41.8 Å². The van der Waals surface area contributed by atoms with Gasteiger partial charge in [0.1, 0.15) is 0 Å². The van der Waals surface area contributed by atoms with E-state index in [1.165, 1.54) is 18.2 Å². The third kappa shape index (κ3) is 4.49. The molecule has 0 bridgehead atoms. The quantitative estimate of drug-likeness (QED) is 0.404. The van der Waals surface area contributed by atoms with Crippen LogP contribution in [0.2, 0.25) is 0 Å². The largest absolute Gasteiger partial charge is 0.491 e. The first-order chi connectivity index (χ1) is 15.1. The van der Waals surface area contributed by atoms with Crippen LogP contribution in [0.15, 0.2) is 67.0 Å². The second-order valence-corrected chi connectivity index (χ2v) is 8.01. The van der Waals surface area contributed by atoms with E-state index >= 15 is 0 Å². The van der Waals surface area contributed by atoms with Crippen LogP contribution < -0.4 is 4.90 Å². The molecule has 0 unspecified atom stereocenters. The van der Waals surface area contributed by atoms with Crippen molar-refractivity contribution in [2.75, 3.05) is 44.7 Å². The number of hydrogen-bond donors (Lipinski definition) is 0. The summed E-state index contributed by atoms with van der Waals surface area (Å²) in [5.41, 5.74) is 3.37. The minimum Gasteiger partial charge on any atom is -0.491 e. The van der Waals surface area contributed by atoms with Gasteiger partial charge in [-0.3, -0.25) is 14.5 Å². The van der Waals surface area contributed by atoms with Crippen LogP contribution >= 0.6 is 0 Å². The van der Waals surface area contributed by atoms with Gasteiger partial charge in [0.25, 0.3) is 5.91 Å². The molecule has 0 N–H and O–H groups in total. The van der Waals surface area contributed by atoms with Crippen molar-refractivity contribution in [2.45, 2.75) is 18.9 Å². The molecule has 0 radical (unpaired) electrons. The molecule has 4 rings (SSSR count). The van der Waals surface area contributed by atoms with E-state index in [0.717, 1.165) is 25.2 Å². The highest BCUT2D eigenvalue weighted by atomic mass is 16.5. The molecule has 6 heteroatoms. The summed E-state index contributed by atoms with van der Waals surface area (Å²) in [5.74, 6) is 0.350. The predicted molar refractivity (Wildman–Crippen MR) is 122 cm³/mol. The highest BCUT2D eigenvalue weighted by Crippen LogP contribution is 2.28. The van der Waals surface area contributed by atoms with Gasteiger partial charge in [-0.2, -0.15) is 0 Å². The molecular formula is C25H29N3O3. The molecule has 2 fully saturated rings. The third-order valence-corrected chi connectivity index (χ3v) is 6.21. The van der Waals surface area contributed by atoms with Crippen LogP contribution in [0.1, 0.15) is 18.4 Å². The number of methoxy groups -OCH3 is 1. The Labute approximate surface area is 183 Å². The Morgan fingerprint density at radius 3 is 2.52 bits per heavy atom. The molecule has 1 aromatic carbocycles. The zero-order valence-corrected chi connectivity index (χ0v) is 18.0. The van der Waals surface area contributed by atoms with Gasteiger partial charge in [-0.05, 0) is 35.8 Å². The fourth-order valence-electron chi connectivity index (χ4n) is 4.47. The van der Waals surface area contributed by atoms with Crippen molar-refractivity contribution in [3.8, 4) is 0 Å². The average Bonchev–Trinajstić information content (AvgIpc) is 3.47. The predicted octanol–water partition coefficient (Wildman–Crippen LogP) is 3.00. The molecule has 31 heavy (non-hydrogen) atoms. The summed E-state index contributed by atoms with van der Waals surface area (Å²) in [5, 5.41) is 0. The summed E-state index contributed by atoms with van der Waals surface area (Å²) >= 11 is 0. The topological polar surface area (TPSA) is 53.1 Å². The number of benzene rings is 1. The lowest BCUT2D eigenvalue weighted by atomic mass is 10.1. The van der Waals surface area contributed by atoms with E-state index in [0.29, 0.717) is 31.8 Å². The number of ether oxygens (including phenoxy) is 1. The summed E-state index contributed by atoms with van der Waals surface area (Å²) < 4.78 is 5.18. The van der Waals surface area contributed by atoms with Crippen LogP contribution in [0, 0.1) is 0 Å². The first kappa shape index (κ1) is 21.1. The van der Waals surface area contributed by atoms with Gasteiger partial charge in [0.05, 0.1) is 7.11 Å². The van der Waals surface area contributed by atoms with E-state index in [9.17, 15) is 9.59 Å². The first-order valence-corrected chi connectivity index (χ1v) is 10.8. The molecular weight excluding hydrogens is 390 g/mol. The Hall–Kier alpha value is -3.12. The minimum atomic E-state index is -0.113. The van der Waals surface area contributed by atoms with Gasteiger partial charge < -0.3 is 14.5 Å². The maximum Gasteiger partial charge on any atom is 0.288 e. The number of carbonyl (C=O) groups is 2. The first-order valence-electron chi connectivity index (χ1n) is 10.8. The van der Waals surface area contributed by atoms with Crippen molar-refractivity contribution in [1.82, 2.24) is 9.80 Å². The second kappa shape index (κ2) is 9.35. The molecule has 3 aliphatic rings. The molecule has 2 amide bonds. The van der Waals surface area contributed by atoms with Gasteiger partial charge in [-0.15, -0.1) is 0 Å². The van der Waals surface area contributed by atoms with Gasteiger partial charge in [-0.25, -0.2) is 0 Å². The van der Waals surface area contributed by atoms with E-state index < -0.39 is 0 Å². The molecule has 162 valence electrons. The SMILES string of the molecule is C=C/C=C(\OC)C(=O)N1CCN([C@@H]2CC(=O)N(c3ccc(C4=CCC=C4)cc3)C2)CC1. The normalized spacial score (nSPS) is 22.1. The minimum absolute atomic E-state index is 0.113. The fraction of sp³-hybridized carbons (Fsp3) is 0.360. The van der Waals surface area contributed by atoms with Gasteiger partial charge in [0.15, 0.2) is 5.76 Å². The Balaban J connectivity index is 1.35. The number of amides is 2. The third-order valence-electron chi connectivity index (χ3n) is 6.21. The summed E-state index contributed by atoms with van der Waals surface area (Å²) in [6.07, 6.45) is 11.1. The van der Waals surface area contributed by atoms with Gasteiger partial charge in [-0.1, -0.05) is 43.0 Å². The Bertz CT molecular complexity index is 937. The number of anilines is 1. The number of nitrogens with zero attached hydrogens (tertiary/aromatic N) is 3. The second-order valence-electron chi connectivity index (χ2n) is 8.01. The molecule has 2 aliphatic heterocycles. The molecule has 0 spiro atoms. The monoisotopic (exact) mass is 419 g/mol. The summed E-state index contributed by atoms with van der Waals surface area (Å²) in [4.78, 5) is 31.3. The van der Waals surface area contributed by atoms with Crippen LogP contribution in [-0.4, -0.2) is 67.5 Å². The zero-order valence-electron chi connectivity index (χ0n) is 18.0. The zero-order chi connectivity index (χ0) is 21.8. The van der Waals surface area contributed by atoms with Crippen LogP contribution in [0.4, 0.5) is 5.69 Å². The van der Waals surface area contributed by atoms with Crippen molar-refractivity contribution in [3.05, 3.63) is 72.5 Å². The maximum absolute atomic E-state index is 12.7. The maximum atomic E-state index is 12.7. The molecule has 1 atom stereocenters. The lowest BCUT2D eigenvalue weighted by Crippen LogP contribution is -2.52. The number of hydrogen-bond acceptors (Lipinski definition) is 4. The van der Waals surface area contributed by atoms with Gasteiger partial charge in [0, 0.05) is 50.9 Å². The smallest absolute Gasteiger partial charge is 0.288 e. The van der Waals surface area contributed by atoms with Crippen molar-refractivity contribution >= 4 is 23.1 Å². The van der Waals surface area contributed by atoms with Crippen molar-refractivity contribution < 1.29 is 14.3 Å². The number of allylic oxidation sites excluding steroid dienone is 6. The number of carbonyl (C=O) groups excluding carboxylic acids is 2. The fourth-order valence-corrected chi connectivity index (χ4v) is 4.47. The Morgan fingerprint density at radius 2 is 1.90 bits per heavy atom. The molecule has 2 saturated heterocycles. The van der Waals surface area contributed by atoms with Gasteiger partial charge in [0.2, 0.25) is 5.91 Å². The molecule has 2 heterocycles. The van der Waals surface area contributed by atoms with Crippen LogP contribution in [-0.2, 0) is 14.3 Å². The molecule has 1 aromatic rings. The Morgan fingerprint density at radius 1 is 1.16 bits per heavy atom. The lowest BCUT2D eigenvalue weighted by Gasteiger charge is -2.37. The van der Waals surface area contributed by atoms with Crippen LogP contribution in [0.5, 0.6) is 0 Å². The van der Waals surface area contributed by atoms with Crippen LogP contribution in [0.3, 0.4) is 0 Å². The summed E-state index contributed by atoms with van der Waals surface area (Å²) in [6, 6.07) is 8.43. The summed E-state index contributed by atoms with van der Waals surface area (Å²) in [7, 11) is 1.50. The van der Waals surface area contributed by atoms with Gasteiger partial charge >= 0.3 is 0 Å². The van der Waals surface area contributed by atoms with E-state index in [4.69, 9.17) is 4.74 Å². The molecule has 0 aromatic heterocycles. The Kier molecular flexibility index (Phi) is 6.37. The highest BCUT2D eigenvalue weighted by Gasteiger charge is 2.36. The van der Waals surface area contributed by atoms with Crippen molar-refractivity contribution in [1.29, 1.82) is 0 Å². The molecule has 1 aliphatic carbocycles. The number of piperazine rings is 1. The van der Waals surface area contributed by atoms with Crippen molar-refractivity contribution in [2.24, 2.45) is 0 Å². The standard InChI is InChI=1S/C25H29N3O3/c1-3-6-23(31-2)25(30)27-15-13-26(14-16-27)22-17-24(29)28(18-22)21-11-9-20(10-12-21)19-7-4-5-8-19/h3-4,6-12,22H,1,5,13-18H2,2H3/b23-6-/t22-/m1/s1. The summed E-state index contributed by atoms with van der Waals surface area (Å²) in [6.45, 7) is 7.07. The highest BCUT2D eigenvalue weighted by molar-refractivity contribution is 5.96. The van der Waals surface area contributed by atoms with E-state index in [1.807, 2.05) is 17.0 Å². The van der Waals surface area contributed by atoms with E-state index in [-0.39, 0.29) is 17.9 Å². The van der Waals surface area contributed by atoms with Crippen molar-refractivity contribution in [3.63, 3.8) is 0 Å². The molecule has 6 nitrogen and oxygen atoms in total. The van der Waals surface area contributed by atoms with Crippen LogP contribution in [0.25, 0.3) is 5.57 Å². The average molecular weight is 420 g/mol.